The Morgan fingerprint density at radius 3 is 2.57 bits per heavy atom. The lowest BCUT2D eigenvalue weighted by molar-refractivity contribution is -0.118. The van der Waals surface area contributed by atoms with E-state index in [1.807, 2.05) is 0 Å². The fourth-order valence-corrected chi connectivity index (χ4v) is 1.09. The van der Waals surface area contributed by atoms with Crippen molar-refractivity contribution in [2.24, 2.45) is 5.73 Å². The quantitative estimate of drug-likeness (QED) is 0.530. The van der Waals surface area contributed by atoms with Gasteiger partial charge in [-0.1, -0.05) is 0 Å². The fraction of sp³-hybridized carbons (Fsp3) is 0.778. The van der Waals surface area contributed by atoms with Crippen LogP contribution in [0, 0.1) is 0 Å². The number of carbonyl (C=O) groups is 2. The fourth-order valence-electron chi connectivity index (χ4n) is 1.09. The highest BCUT2D eigenvalue weighted by molar-refractivity contribution is 5.74. The van der Waals surface area contributed by atoms with Gasteiger partial charge in [-0.15, -0.1) is 0 Å². The molecule has 5 heteroatoms. The highest BCUT2D eigenvalue weighted by Crippen LogP contribution is 2.18. The summed E-state index contributed by atoms with van der Waals surface area (Å²) in [6.45, 7) is 0.603. The molecule has 0 atom stereocenters. The molecule has 1 aliphatic carbocycles. The lowest BCUT2D eigenvalue weighted by Crippen LogP contribution is -2.37. The summed E-state index contributed by atoms with van der Waals surface area (Å²) >= 11 is 0. The second-order valence-electron chi connectivity index (χ2n) is 3.60. The normalized spacial score (nSPS) is 14.9. The van der Waals surface area contributed by atoms with Gasteiger partial charge >= 0.3 is 6.03 Å². The number of rotatable bonds is 6. The summed E-state index contributed by atoms with van der Waals surface area (Å²) < 4.78 is 0. The lowest BCUT2D eigenvalue weighted by Gasteiger charge is -2.05. The number of hydrogen-bond donors (Lipinski definition) is 3. The summed E-state index contributed by atoms with van der Waals surface area (Å²) in [4.78, 5) is 21.4. The molecule has 0 aliphatic heterocycles. The zero-order chi connectivity index (χ0) is 10.4. The third-order valence-corrected chi connectivity index (χ3v) is 2.05. The topological polar surface area (TPSA) is 84.2 Å². The average Bonchev–Trinajstić information content (AvgIpc) is 2.87. The van der Waals surface area contributed by atoms with Gasteiger partial charge in [-0.2, -0.15) is 0 Å². The monoisotopic (exact) mass is 199 g/mol. The highest BCUT2D eigenvalue weighted by Gasteiger charge is 2.22. The Bertz CT molecular complexity index is 214. The van der Waals surface area contributed by atoms with Crippen LogP contribution < -0.4 is 16.4 Å². The van der Waals surface area contributed by atoms with Crippen molar-refractivity contribution in [1.29, 1.82) is 0 Å². The van der Waals surface area contributed by atoms with E-state index in [1.165, 1.54) is 0 Å². The molecule has 5 nitrogen and oxygen atoms in total. The molecule has 1 fully saturated rings. The lowest BCUT2D eigenvalue weighted by atomic mass is 10.2. The standard InChI is InChI=1S/C9H17N3O2/c10-8(13)3-1-2-6-11-9(14)12-7-4-5-7/h7H,1-6H2,(H2,10,13)(H2,11,12,14). The van der Waals surface area contributed by atoms with Crippen LogP contribution in [0.1, 0.15) is 32.1 Å². The second-order valence-corrected chi connectivity index (χ2v) is 3.60. The number of primary amides is 1. The Labute approximate surface area is 83.4 Å². The molecule has 0 bridgehead atoms. The van der Waals surface area contributed by atoms with E-state index < -0.39 is 0 Å². The maximum atomic E-state index is 11.1. The Balaban J connectivity index is 1.87. The molecule has 0 heterocycles. The molecular weight excluding hydrogens is 182 g/mol. The molecule has 1 rings (SSSR count). The third kappa shape index (κ3) is 5.40. The van der Waals surface area contributed by atoms with E-state index in [0.29, 0.717) is 19.0 Å². The van der Waals surface area contributed by atoms with Crippen LogP contribution in [-0.4, -0.2) is 24.5 Å². The largest absolute Gasteiger partial charge is 0.370 e. The minimum atomic E-state index is -0.285. The van der Waals surface area contributed by atoms with Gasteiger partial charge in [0.25, 0.3) is 0 Å². The van der Waals surface area contributed by atoms with E-state index in [1.54, 1.807) is 0 Å². The number of amides is 3. The molecule has 1 aliphatic rings. The maximum absolute atomic E-state index is 11.1. The zero-order valence-electron chi connectivity index (χ0n) is 8.21. The molecule has 3 amide bonds. The summed E-state index contributed by atoms with van der Waals surface area (Å²) in [6, 6.07) is 0.284. The van der Waals surface area contributed by atoms with Gasteiger partial charge in [0.05, 0.1) is 0 Å². The molecule has 0 unspecified atom stereocenters. The van der Waals surface area contributed by atoms with Gasteiger partial charge in [0, 0.05) is 19.0 Å². The van der Waals surface area contributed by atoms with E-state index in [2.05, 4.69) is 10.6 Å². The van der Waals surface area contributed by atoms with E-state index in [0.717, 1.165) is 25.7 Å². The van der Waals surface area contributed by atoms with Gasteiger partial charge in [-0.25, -0.2) is 4.79 Å². The predicted octanol–water partition coefficient (Wildman–Crippen LogP) is 0.104. The number of unbranched alkanes of at least 4 members (excludes halogenated alkanes) is 1. The van der Waals surface area contributed by atoms with Gasteiger partial charge in [0.2, 0.25) is 5.91 Å². The van der Waals surface area contributed by atoms with Gasteiger partial charge in [-0.3, -0.25) is 4.79 Å². The Kier molecular flexibility index (Phi) is 4.22. The molecular formula is C9H17N3O2. The van der Waals surface area contributed by atoms with E-state index in [4.69, 9.17) is 5.73 Å². The maximum Gasteiger partial charge on any atom is 0.315 e. The Hall–Kier alpha value is -1.26. The first-order valence-electron chi connectivity index (χ1n) is 5.01. The molecule has 80 valence electrons. The molecule has 0 spiro atoms. The first kappa shape index (κ1) is 10.8. The number of urea groups is 1. The molecule has 0 aromatic rings. The van der Waals surface area contributed by atoms with E-state index in [-0.39, 0.29) is 11.9 Å². The summed E-state index contributed by atoms with van der Waals surface area (Å²) in [6.07, 6.45) is 4.11. The minimum absolute atomic E-state index is 0.105. The van der Waals surface area contributed by atoms with E-state index >= 15 is 0 Å². The van der Waals surface area contributed by atoms with Crippen molar-refractivity contribution < 1.29 is 9.59 Å². The molecule has 0 aromatic heterocycles. The first-order chi connectivity index (χ1) is 6.68. The highest BCUT2D eigenvalue weighted by atomic mass is 16.2. The summed E-state index contributed by atoms with van der Waals surface area (Å²) in [5.41, 5.74) is 4.97. The van der Waals surface area contributed by atoms with Crippen molar-refractivity contribution >= 4 is 11.9 Å². The average molecular weight is 199 g/mol. The smallest absolute Gasteiger partial charge is 0.315 e. The second kappa shape index (κ2) is 5.47. The molecule has 0 radical (unpaired) electrons. The van der Waals surface area contributed by atoms with Crippen LogP contribution in [0.3, 0.4) is 0 Å². The van der Waals surface area contributed by atoms with Crippen molar-refractivity contribution in [2.45, 2.75) is 38.1 Å². The molecule has 14 heavy (non-hydrogen) atoms. The van der Waals surface area contributed by atoms with Crippen molar-refractivity contribution in [2.75, 3.05) is 6.54 Å². The van der Waals surface area contributed by atoms with E-state index in [9.17, 15) is 9.59 Å². The molecule has 4 N–H and O–H groups in total. The summed E-state index contributed by atoms with van der Waals surface area (Å²) in [5, 5.41) is 5.54. The Morgan fingerprint density at radius 1 is 1.29 bits per heavy atom. The van der Waals surface area contributed by atoms with Gasteiger partial charge < -0.3 is 16.4 Å². The third-order valence-electron chi connectivity index (χ3n) is 2.05. The van der Waals surface area contributed by atoms with Gasteiger partial charge in [-0.05, 0) is 25.7 Å². The number of carbonyl (C=O) groups excluding carboxylic acids is 2. The van der Waals surface area contributed by atoms with Crippen LogP contribution in [0.2, 0.25) is 0 Å². The summed E-state index contributed by atoms with van der Waals surface area (Å²) in [7, 11) is 0. The van der Waals surface area contributed by atoms with Crippen LogP contribution in [-0.2, 0) is 4.79 Å². The molecule has 0 saturated heterocycles. The number of nitrogens with one attached hydrogen (secondary N) is 2. The van der Waals surface area contributed by atoms with Crippen LogP contribution in [0.5, 0.6) is 0 Å². The summed E-state index contributed by atoms with van der Waals surface area (Å²) in [5.74, 6) is -0.285. The number of nitrogens with two attached hydrogens (primary N) is 1. The molecule has 1 saturated carbocycles. The Morgan fingerprint density at radius 2 is 2.00 bits per heavy atom. The van der Waals surface area contributed by atoms with Gasteiger partial charge in [0.15, 0.2) is 0 Å². The SMILES string of the molecule is NC(=O)CCCCNC(=O)NC1CC1. The first-order valence-corrected chi connectivity index (χ1v) is 5.01. The molecule has 0 aromatic carbocycles. The van der Waals surface area contributed by atoms with Crippen molar-refractivity contribution in [3.8, 4) is 0 Å². The number of hydrogen-bond acceptors (Lipinski definition) is 2. The van der Waals surface area contributed by atoms with Crippen LogP contribution >= 0.6 is 0 Å². The predicted molar refractivity (Wildman–Crippen MR) is 52.6 cm³/mol. The van der Waals surface area contributed by atoms with Gasteiger partial charge in [0.1, 0.15) is 0 Å². The van der Waals surface area contributed by atoms with Crippen LogP contribution in [0.15, 0.2) is 0 Å². The van der Waals surface area contributed by atoms with Crippen LogP contribution in [0.25, 0.3) is 0 Å². The van der Waals surface area contributed by atoms with Crippen molar-refractivity contribution in [1.82, 2.24) is 10.6 Å². The van der Waals surface area contributed by atoms with Crippen molar-refractivity contribution in [3.05, 3.63) is 0 Å². The zero-order valence-corrected chi connectivity index (χ0v) is 8.21. The minimum Gasteiger partial charge on any atom is -0.370 e. The van der Waals surface area contributed by atoms with Crippen molar-refractivity contribution in [3.63, 3.8) is 0 Å². The van der Waals surface area contributed by atoms with Crippen LogP contribution in [0.4, 0.5) is 4.79 Å².